The molecule has 0 aliphatic carbocycles. The molecule has 1 aliphatic heterocycles. The van der Waals surface area contributed by atoms with E-state index in [9.17, 15) is 0 Å². The fraction of sp³-hybridized carbons (Fsp3) is 0.133. The highest BCUT2D eigenvalue weighted by molar-refractivity contribution is 5.60. The maximum absolute atomic E-state index is 5.36. The predicted molar refractivity (Wildman–Crippen MR) is 73.5 cm³/mol. The maximum Gasteiger partial charge on any atom is 0.258 e. The Morgan fingerprint density at radius 3 is 2.70 bits per heavy atom. The van der Waals surface area contributed by atoms with Crippen LogP contribution in [0.5, 0.6) is 0 Å². The smallest absolute Gasteiger partial charge is 0.258 e. The van der Waals surface area contributed by atoms with Crippen molar-refractivity contribution in [2.24, 2.45) is 0 Å². The van der Waals surface area contributed by atoms with Gasteiger partial charge < -0.3 is 9.84 Å². The average Bonchev–Trinajstić information content (AvgIpc) is 3.16. The second kappa shape index (κ2) is 4.54. The van der Waals surface area contributed by atoms with Crippen molar-refractivity contribution in [3.63, 3.8) is 0 Å². The van der Waals surface area contributed by atoms with Crippen LogP contribution in [0, 0.1) is 0 Å². The van der Waals surface area contributed by atoms with Crippen molar-refractivity contribution < 1.29 is 4.52 Å². The fourth-order valence-corrected chi connectivity index (χ4v) is 2.39. The van der Waals surface area contributed by atoms with Crippen LogP contribution in [0.1, 0.15) is 11.1 Å². The Labute approximate surface area is 115 Å². The molecule has 0 spiro atoms. The third-order valence-corrected chi connectivity index (χ3v) is 3.45. The molecule has 0 amide bonds. The zero-order valence-electron chi connectivity index (χ0n) is 10.7. The molecule has 4 rings (SSSR count). The summed E-state index contributed by atoms with van der Waals surface area (Å²) < 4.78 is 5.36. The molecule has 20 heavy (non-hydrogen) atoms. The predicted octanol–water partition coefficient (Wildman–Crippen LogP) is 2.40. The number of fused-ring (bicyclic) bond motifs is 1. The van der Waals surface area contributed by atoms with Gasteiger partial charge in [0.05, 0.1) is 0 Å². The molecule has 0 saturated carbocycles. The zero-order valence-corrected chi connectivity index (χ0v) is 10.7. The van der Waals surface area contributed by atoms with Crippen molar-refractivity contribution in [2.45, 2.75) is 13.1 Å². The first kappa shape index (κ1) is 11.3. The number of pyridine rings is 1. The summed E-state index contributed by atoms with van der Waals surface area (Å²) in [7, 11) is 0. The van der Waals surface area contributed by atoms with Crippen LogP contribution < -0.4 is 5.32 Å². The summed E-state index contributed by atoms with van der Waals surface area (Å²) >= 11 is 0. The molecule has 3 heterocycles. The molecule has 3 aromatic rings. The van der Waals surface area contributed by atoms with E-state index in [1.54, 1.807) is 12.4 Å². The summed E-state index contributed by atoms with van der Waals surface area (Å²) in [6, 6.07) is 9.97. The van der Waals surface area contributed by atoms with Crippen molar-refractivity contribution >= 4 is 0 Å². The number of hydrogen-bond acceptors (Lipinski definition) is 5. The van der Waals surface area contributed by atoms with Crippen molar-refractivity contribution in [1.82, 2.24) is 20.4 Å². The molecule has 0 fully saturated rings. The van der Waals surface area contributed by atoms with E-state index >= 15 is 0 Å². The quantitative estimate of drug-likeness (QED) is 0.770. The van der Waals surface area contributed by atoms with Crippen molar-refractivity contribution in [2.75, 3.05) is 0 Å². The molecule has 0 saturated heterocycles. The number of rotatable bonds is 2. The number of nitrogens with one attached hydrogen (secondary N) is 1. The van der Waals surface area contributed by atoms with Gasteiger partial charge in [0.15, 0.2) is 0 Å². The monoisotopic (exact) mass is 264 g/mol. The van der Waals surface area contributed by atoms with Gasteiger partial charge in [0, 0.05) is 36.6 Å². The lowest BCUT2D eigenvalue weighted by Gasteiger charge is -1.99. The number of nitrogens with zero attached hydrogens (tertiary/aromatic N) is 3. The number of aromatic nitrogens is 3. The van der Waals surface area contributed by atoms with Crippen LogP contribution in [0.15, 0.2) is 47.2 Å². The second-order valence-corrected chi connectivity index (χ2v) is 4.75. The van der Waals surface area contributed by atoms with Gasteiger partial charge in [-0.2, -0.15) is 4.98 Å². The topological polar surface area (TPSA) is 63.8 Å². The Bertz CT molecular complexity index is 752. The van der Waals surface area contributed by atoms with Gasteiger partial charge >= 0.3 is 0 Å². The second-order valence-electron chi connectivity index (χ2n) is 4.75. The van der Waals surface area contributed by atoms with Crippen LogP contribution in [-0.4, -0.2) is 15.1 Å². The third kappa shape index (κ3) is 1.88. The first-order valence-corrected chi connectivity index (χ1v) is 6.47. The Balaban J connectivity index is 1.72. The summed E-state index contributed by atoms with van der Waals surface area (Å²) in [5.41, 5.74) is 4.49. The third-order valence-electron chi connectivity index (χ3n) is 3.45. The van der Waals surface area contributed by atoms with Gasteiger partial charge in [0.2, 0.25) is 5.82 Å². The molecule has 0 atom stereocenters. The van der Waals surface area contributed by atoms with Crippen LogP contribution in [0.3, 0.4) is 0 Å². The average molecular weight is 264 g/mol. The molecule has 0 bridgehead atoms. The van der Waals surface area contributed by atoms with Gasteiger partial charge in [-0.15, -0.1) is 0 Å². The summed E-state index contributed by atoms with van der Waals surface area (Å²) in [4.78, 5) is 8.43. The van der Waals surface area contributed by atoms with Gasteiger partial charge in [-0.3, -0.25) is 4.98 Å². The van der Waals surface area contributed by atoms with Crippen molar-refractivity contribution in [1.29, 1.82) is 0 Å². The SMILES string of the molecule is c1cc(-c2noc(-c3ccc4c(c3)CNC4)n2)ccn1. The maximum atomic E-state index is 5.36. The lowest BCUT2D eigenvalue weighted by atomic mass is 10.1. The molecule has 98 valence electrons. The van der Waals surface area contributed by atoms with Crippen molar-refractivity contribution in [3.8, 4) is 22.8 Å². The zero-order chi connectivity index (χ0) is 13.4. The fourth-order valence-electron chi connectivity index (χ4n) is 2.39. The lowest BCUT2D eigenvalue weighted by molar-refractivity contribution is 0.432. The van der Waals surface area contributed by atoms with E-state index in [1.165, 1.54) is 11.1 Å². The molecule has 2 aromatic heterocycles. The van der Waals surface area contributed by atoms with Crippen LogP contribution in [0.25, 0.3) is 22.8 Å². The Kier molecular flexibility index (Phi) is 2.57. The van der Waals surface area contributed by atoms with E-state index in [1.807, 2.05) is 18.2 Å². The molecule has 1 aromatic carbocycles. The van der Waals surface area contributed by atoms with Gasteiger partial charge in [-0.1, -0.05) is 11.2 Å². The van der Waals surface area contributed by atoms with Crippen LogP contribution in [0.4, 0.5) is 0 Å². The minimum atomic E-state index is 0.548. The summed E-state index contributed by atoms with van der Waals surface area (Å²) in [6.45, 7) is 1.83. The van der Waals surface area contributed by atoms with Crippen LogP contribution in [0.2, 0.25) is 0 Å². The highest BCUT2D eigenvalue weighted by Gasteiger charge is 2.14. The van der Waals surface area contributed by atoms with E-state index in [0.717, 1.165) is 24.2 Å². The number of hydrogen-bond donors (Lipinski definition) is 1. The van der Waals surface area contributed by atoms with Gasteiger partial charge in [0.25, 0.3) is 5.89 Å². The first-order valence-electron chi connectivity index (χ1n) is 6.47. The largest absolute Gasteiger partial charge is 0.334 e. The van der Waals surface area contributed by atoms with Crippen LogP contribution in [-0.2, 0) is 13.1 Å². The van der Waals surface area contributed by atoms with E-state index in [2.05, 4.69) is 32.6 Å². The lowest BCUT2D eigenvalue weighted by Crippen LogP contribution is -1.99. The molecular formula is C15H12N4O. The Hall–Kier alpha value is -2.53. The first-order chi connectivity index (χ1) is 9.90. The van der Waals surface area contributed by atoms with Gasteiger partial charge in [-0.05, 0) is 35.4 Å². The Morgan fingerprint density at radius 1 is 0.950 bits per heavy atom. The minimum absolute atomic E-state index is 0.548. The van der Waals surface area contributed by atoms with Crippen LogP contribution >= 0.6 is 0 Å². The number of benzene rings is 1. The Morgan fingerprint density at radius 2 is 1.80 bits per heavy atom. The van der Waals surface area contributed by atoms with E-state index in [0.29, 0.717) is 11.7 Å². The minimum Gasteiger partial charge on any atom is -0.334 e. The molecule has 5 heteroatoms. The standard InChI is InChI=1S/C15H12N4O/c1-2-12-8-17-9-13(12)7-11(1)15-18-14(19-20-15)10-3-5-16-6-4-10/h1-7,17H,8-9H2. The van der Waals surface area contributed by atoms with Crippen molar-refractivity contribution in [3.05, 3.63) is 53.9 Å². The highest BCUT2D eigenvalue weighted by atomic mass is 16.5. The van der Waals surface area contributed by atoms with E-state index in [-0.39, 0.29) is 0 Å². The molecule has 5 nitrogen and oxygen atoms in total. The summed E-state index contributed by atoms with van der Waals surface area (Å²) in [5, 5.41) is 7.35. The van der Waals surface area contributed by atoms with Gasteiger partial charge in [0.1, 0.15) is 0 Å². The molecule has 1 N–H and O–H groups in total. The molecule has 1 aliphatic rings. The summed E-state index contributed by atoms with van der Waals surface area (Å²) in [5.74, 6) is 1.13. The summed E-state index contributed by atoms with van der Waals surface area (Å²) in [6.07, 6.45) is 3.43. The molecular weight excluding hydrogens is 252 g/mol. The highest BCUT2D eigenvalue weighted by Crippen LogP contribution is 2.25. The molecule has 0 radical (unpaired) electrons. The normalized spacial score (nSPS) is 13.4. The van der Waals surface area contributed by atoms with Gasteiger partial charge in [-0.25, -0.2) is 0 Å². The van der Waals surface area contributed by atoms with E-state index in [4.69, 9.17) is 4.52 Å². The van der Waals surface area contributed by atoms with E-state index < -0.39 is 0 Å². The molecule has 0 unspecified atom stereocenters.